The average molecular weight is 366 g/mol. The Labute approximate surface area is 148 Å². The van der Waals surface area contributed by atoms with Gasteiger partial charge in [0, 0.05) is 13.1 Å². The first-order valence-corrected chi connectivity index (χ1v) is 9.76. The van der Waals surface area contributed by atoms with Crippen molar-refractivity contribution in [2.24, 2.45) is 0 Å². The molecule has 0 N–H and O–H groups in total. The van der Waals surface area contributed by atoms with Gasteiger partial charge in [-0.2, -0.15) is 4.31 Å². The molecule has 0 amide bonds. The maximum atomic E-state index is 12.7. The topological polar surface area (TPSA) is 46.6 Å². The predicted octanol–water partition coefficient (Wildman–Crippen LogP) is 3.88. The number of sulfonamides is 1. The number of para-hydroxylation sites is 1. The normalized spacial score (nSPS) is 16.9. The largest absolute Gasteiger partial charge is 0.489 e. The molecule has 0 unspecified atom stereocenters. The molecule has 0 atom stereocenters. The van der Waals surface area contributed by atoms with Gasteiger partial charge in [-0.05, 0) is 44.0 Å². The number of nitrogens with zero attached hydrogens (tertiary/aromatic N) is 1. The van der Waals surface area contributed by atoms with Gasteiger partial charge in [-0.25, -0.2) is 8.42 Å². The van der Waals surface area contributed by atoms with E-state index in [1.807, 2.05) is 37.3 Å². The molecule has 0 aromatic heterocycles. The Morgan fingerprint density at radius 2 is 1.67 bits per heavy atom. The number of ether oxygens (including phenoxy) is 1. The smallest absolute Gasteiger partial charge is 0.243 e. The van der Waals surface area contributed by atoms with E-state index in [0.29, 0.717) is 41.6 Å². The summed E-state index contributed by atoms with van der Waals surface area (Å²) in [4.78, 5) is 0.346. The predicted molar refractivity (Wildman–Crippen MR) is 95.0 cm³/mol. The van der Waals surface area contributed by atoms with Crippen molar-refractivity contribution in [2.75, 3.05) is 13.1 Å². The number of halogens is 1. The summed E-state index contributed by atoms with van der Waals surface area (Å²) in [5.74, 6) is 0.652. The van der Waals surface area contributed by atoms with E-state index >= 15 is 0 Å². The van der Waals surface area contributed by atoms with Crippen LogP contribution in [0.25, 0.3) is 0 Å². The van der Waals surface area contributed by atoms with Gasteiger partial charge in [0.2, 0.25) is 10.0 Å². The van der Waals surface area contributed by atoms with Gasteiger partial charge in [0.25, 0.3) is 0 Å². The van der Waals surface area contributed by atoms with Crippen LogP contribution in [0.4, 0.5) is 0 Å². The summed E-state index contributed by atoms with van der Waals surface area (Å²) >= 11 is 6.11. The molecule has 4 nitrogen and oxygen atoms in total. The summed E-state index contributed by atoms with van der Waals surface area (Å²) in [6, 6.07) is 14.3. The van der Waals surface area contributed by atoms with E-state index in [4.69, 9.17) is 16.3 Å². The van der Waals surface area contributed by atoms with Gasteiger partial charge in [0.05, 0.1) is 9.92 Å². The maximum Gasteiger partial charge on any atom is 0.243 e. The van der Waals surface area contributed by atoms with Crippen molar-refractivity contribution in [3.05, 3.63) is 59.1 Å². The number of rotatable bonds is 4. The molecule has 1 heterocycles. The van der Waals surface area contributed by atoms with Crippen LogP contribution < -0.4 is 4.74 Å². The molecule has 1 aliphatic rings. The molecule has 6 heteroatoms. The quantitative estimate of drug-likeness (QED) is 0.826. The summed E-state index contributed by atoms with van der Waals surface area (Å²) < 4.78 is 32.8. The Kier molecular flexibility index (Phi) is 5.13. The number of benzene rings is 2. The van der Waals surface area contributed by atoms with Gasteiger partial charge >= 0.3 is 0 Å². The molecule has 0 bridgehead atoms. The van der Waals surface area contributed by atoms with Crippen LogP contribution in [0.15, 0.2) is 53.4 Å². The second-order valence-corrected chi connectivity index (χ2v) is 8.31. The van der Waals surface area contributed by atoms with E-state index in [1.54, 1.807) is 18.2 Å². The molecule has 0 spiro atoms. The van der Waals surface area contributed by atoms with Crippen molar-refractivity contribution in [3.8, 4) is 5.75 Å². The second kappa shape index (κ2) is 7.13. The molecule has 1 saturated heterocycles. The summed E-state index contributed by atoms with van der Waals surface area (Å²) in [6.45, 7) is 2.84. The van der Waals surface area contributed by atoms with Crippen LogP contribution in [-0.4, -0.2) is 31.9 Å². The van der Waals surface area contributed by atoms with Crippen molar-refractivity contribution < 1.29 is 13.2 Å². The van der Waals surface area contributed by atoms with Crippen LogP contribution in [0.2, 0.25) is 5.02 Å². The van der Waals surface area contributed by atoms with Crippen molar-refractivity contribution in [1.82, 2.24) is 4.31 Å². The number of aryl methyl sites for hydroxylation is 1. The lowest BCUT2D eigenvalue weighted by Gasteiger charge is -2.31. The molecule has 24 heavy (non-hydrogen) atoms. The van der Waals surface area contributed by atoms with E-state index < -0.39 is 10.0 Å². The lowest BCUT2D eigenvalue weighted by atomic mass is 10.1. The zero-order chi connectivity index (χ0) is 17.2. The van der Waals surface area contributed by atoms with Gasteiger partial charge in [-0.3, -0.25) is 0 Å². The average Bonchev–Trinajstić information content (AvgIpc) is 2.58. The fraction of sp³-hybridized carbons (Fsp3) is 0.333. The molecule has 0 aliphatic carbocycles. The van der Waals surface area contributed by atoms with Crippen LogP contribution >= 0.6 is 11.6 Å². The molecular formula is C18H20ClNO3S. The van der Waals surface area contributed by atoms with E-state index in [0.717, 1.165) is 5.56 Å². The van der Waals surface area contributed by atoms with Gasteiger partial charge in [-0.1, -0.05) is 41.4 Å². The Morgan fingerprint density at radius 1 is 1.04 bits per heavy atom. The zero-order valence-corrected chi connectivity index (χ0v) is 15.1. The van der Waals surface area contributed by atoms with Crippen molar-refractivity contribution in [2.45, 2.75) is 30.8 Å². The standard InChI is InChI=1S/C18H20ClNO3S/c1-14-6-8-16(9-7-14)24(21,22)20-12-10-15(11-13-20)23-18-5-3-2-4-17(18)19/h2-9,15H,10-13H2,1H3. The van der Waals surface area contributed by atoms with E-state index in [1.165, 1.54) is 4.31 Å². The van der Waals surface area contributed by atoms with Crippen molar-refractivity contribution in [1.29, 1.82) is 0 Å². The Bertz CT molecular complexity index is 797. The highest BCUT2D eigenvalue weighted by molar-refractivity contribution is 7.89. The number of piperidine rings is 1. The minimum atomic E-state index is -3.43. The molecule has 0 saturated carbocycles. The van der Waals surface area contributed by atoms with Gasteiger partial charge in [-0.15, -0.1) is 0 Å². The van der Waals surface area contributed by atoms with Crippen molar-refractivity contribution >= 4 is 21.6 Å². The minimum absolute atomic E-state index is 0.0191. The third kappa shape index (κ3) is 3.74. The van der Waals surface area contributed by atoms with Gasteiger partial charge < -0.3 is 4.74 Å². The van der Waals surface area contributed by atoms with Crippen LogP contribution in [0, 0.1) is 6.92 Å². The number of hydrogen-bond acceptors (Lipinski definition) is 3. The highest BCUT2D eigenvalue weighted by atomic mass is 35.5. The lowest BCUT2D eigenvalue weighted by molar-refractivity contribution is 0.135. The molecule has 1 aliphatic heterocycles. The third-order valence-electron chi connectivity index (χ3n) is 4.19. The first-order chi connectivity index (χ1) is 11.5. The molecule has 1 fully saturated rings. The highest BCUT2D eigenvalue weighted by Gasteiger charge is 2.30. The maximum absolute atomic E-state index is 12.7. The molecular weight excluding hydrogens is 346 g/mol. The Hall–Kier alpha value is -1.56. The Morgan fingerprint density at radius 3 is 2.29 bits per heavy atom. The first-order valence-electron chi connectivity index (χ1n) is 7.95. The highest BCUT2D eigenvalue weighted by Crippen LogP contribution is 2.28. The molecule has 2 aromatic rings. The zero-order valence-electron chi connectivity index (χ0n) is 13.5. The number of hydrogen-bond donors (Lipinski definition) is 0. The van der Waals surface area contributed by atoms with Gasteiger partial charge in [0.1, 0.15) is 11.9 Å². The molecule has 3 rings (SSSR count). The second-order valence-electron chi connectivity index (χ2n) is 5.96. The summed E-state index contributed by atoms with van der Waals surface area (Å²) in [5, 5.41) is 0.576. The van der Waals surface area contributed by atoms with Crippen molar-refractivity contribution in [3.63, 3.8) is 0 Å². The summed E-state index contributed by atoms with van der Waals surface area (Å²) in [7, 11) is -3.43. The minimum Gasteiger partial charge on any atom is -0.489 e. The monoisotopic (exact) mass is 365 g/mol. The fourth-order valence-corrected chi connectivity index (χ4v) is 4.42. The third-order valence-corrected chi connectivity index (χ3v) is 6.42. The summed E-state index contributed by atoms with van der Waals surface area (Å²) in [5.41, 5.74) is 1.04. The van der Waals surface area contributed by atoms with E-state index in [-0.39, 0.29) is 6.10 Å². The van der Waals surface area contributed by atoms with Crippen LogP contribution in [-0.2, 0) is 10.0 Å². The van der Waals surface area contributed by atoms with E-state index in [9.17, 15) is 8.42 Å². The lowest BCUT2D eigenvalue weighted by Crippen LogP contribution is -2.41. The Balaban J connectivity index is 1.64. The van der Waals surface area contributed by atoms with Crippen LogP contribution in [0.3, 0.4) is 0 Å². The van der Waals surface area contributed by atoms with Crippen LogP contribution in [0.5, 0.6) is 5.75 Å². The molecule has 128 valence electrons. The SMILES string of the molecule is Cc1ccc(S(=O)(=O)N2CCC(Oc3ccccc3Cl)CC2)cc1. The van der Waals surface area contributed by atoms with Crippen LogP contribution in [0.1, 0.15) is 18.4 Å². The van der Waals surface area contributed by atoms with E-state index in [2.05, 4.69) is 0 Å². The fourth-order valence-electron chi connectivity index (χ4n) is 2.77. The first kappa shape index (κ1) is 17.3. The molecule has 2 aromatic carbocycles. The summed E-state index contributed by atoms with van der Waals surface area (Å²) in [6.07, 6.45) is 1.28. The van der Waals surface area contributed by atoms with Gasteiger partial charge in [0.15, 0.2) is 0 Å². The molecule has 0 radical (unpaired) electrons.